The molecule has 0 heterocycles. The minimum absolute atomic E-state index is 0.0728. The van der Waals surface area contributed by atoms with E-state index in [0.717, 1.165) is 12.1 Å². The average Bonchev–Trinajstić information content (AvgIpc) is 2.77. The summed E-state index contributed by atoms with van der Waals surface area (Å²) in [5.41, 5.74) is 5.69. The number of hydrogen-bond donors (Lipinski definition) is 3. The molecule has 3 aromatic carbocycles. The molecule has 0 spiro atoms. The summed E-state index contributed by atoms with van der Waals surface area (Å²) in [6, 6.07) is 19.6. The Morgan fingerprint density at radius 3 is 2.28 bits per heavy atom. The van der Waals surface area contributed by atoms with Crippen LogP contribution in [0.25, 0.3) is 6.08 Å². The Labute approximate surface area is 182 Å². The lowest BCUT2D eigenvalue weighted by Gasteiger charge is -2.14. The van der Waals surface area contributed by atoms with Crippen molar-refractivity contribution >= 4 is 23.6 Å². The molecule has 0 radical (unpaired) electrons. The maximum atomic E-state index is 13.4. The number of nitrogens with two attached hydrogens (primary N) is 1. The summed E-state index contributed by atoms with van der Waals surface area (Å²) in [7, 11) is 0. The van der Waals surface area contributed by atoms with Gasteiger partial charge in [-0.05, 0) is 47.5 Å². The topological polar surface area (TPSA) is 84.2 Å². The fourth-order valence-electron chi connectivity index (χ4n) is 2.96. The lowest BCUT2D eigenvalue weighted by molar-refractivity contribution is -0.137. The van der Waals surface area contributed by atoms with Gasteiger partial charge in [0.05, 0.1) is 5.56 Å². The van der Waals surface area contributed by atoms with Crippen LogP contribution in [0.4, 0.5) is 18.9 Å². The number of hydrogen-bond acceptors (Lipinski definition) is 3. The van der Waals surface area contributed by atoms with Crippen LogP contribution in [0.2, 0.25) is 0 Å². The van der Waals surface area contributed by atoms with Crippen LogP contribution in [0.5, 0.6) is 0 Å². The largest absolute Gasteiger partial charge is 0.416 e. The van der Waals surface area contributed by atoms with E-state index in [-0.39, 0.29) is 23.4 Å². The van der Waals surface area contributed by atoms with E-state index in [9.17, 15) is 22.8 Å². The van der Waals surface area contributed by atoms with Crippen molar-refractivity contribution in [2.45, 2.75) is 12.7 Å². The standard InChI is InChI=1S/C24H20F3N3O2/c25-24(26,27)20-12-5-4-10-18(20)14-21(30-22(31)17-8-2-1-3-9-17)23(32)29-15-16-7-6-11-19(28)13-16/h1-14H,15,28H2,(H,29,32)(H,30,31). The molecular formula is C24H20F3N3O2. The number of benzene rings is 3. The second-order valence-electron chi connectivity index (χ2n) is 6.89. The molecule has 0 atom stereocenters. The fourth-order valence-corrected chi connectivity index (χ4v) is 2.96. The molecule has 32 heavy (non-hydrogen) atoms. The first kappa shape index (κ1) is 22.6. The molecule has 5 nitrogen and oxygen atoms in total. The minimum atomic E-state index is -4.63. The van der Waals surface area contributed by atoms with E-state index in [1.807, 2.05) is 0 Å². The zero-order valence-corrected chi connectivity index (χ0v) is 16.8. The van der Waals surface area contributed by atoms with Crippen LogP contribution in [-0.4, -0.2) is 11.8 Å². The van der Waals surface area contributed by atoms with Gasteiger partial charge in [-0.25, -0.2) is 0 Å². The van der Waals surface area contributed by atoms with Crippen molar-refractivity contribution in [1.82, 2.24) is 10.6 Å². The van der Waals surface area contributed by atoms with Crippen molar-refractivity contribution in [2.24, 2.45) is 0 Å². The van der Waals surface area contributed by atoms with Gasteiger partial charge in [0.2, 0.25) is 0 Å². The number of halogens is 3. The predicted octanol–water partition coefficient (Wildman–Crippen LogP) is 4.37. The Hall–Kier alpha value is -4.07. The summed E-state index contributed by atoms with van der Waals surface area (Å²) < 4.78 is 40.2. The van der Waals surface area contributed by atoms with Crippen LogP contribution in [0.1, 0.15) is 27.0 Å². The van der Waals surface area contributed by atoms with Gasteiger partial charge in [-0.2, -0.15) is 13.2 Å². The van der Waals surface area contributed by atoms with Gasteiger partial charge in [-0.3, -0.25) is 9.59 Å². The van der Waals surface area contributed by atoms with Gasteiger partial charge in [0.15, 0.2) is 0 Å². The third kappa shape index (κ3) is 5.98. The number of nitrogens with one attached hydrogen (secondary N) is 2. The Morgan fingerprint density at radius 1 is 0.906 bits per heavy atom. The molecule has 0 aliphatic carbocycles. The first-order valence-corrected chi connectivity index (χ1v) is 9.61. The third-order valence-corrected chi connectivity index (χ3v) is 4.50. The second-order valence-corrected chi connectivity index (χ2v) is 6.89. The molecule has 8 heteroatoms. The summed E-state index contributed by atoms with van der Waals surface area (Å²) in [5, 5.41) is 5.03. The monoisotopic (exact) mass is 439 g/mol. The van der Waals surface area contributed by atoms with Crippen LogP contribution < -0.4 is 16.4 Å². The lowest BCUT2D eigenvalue weighted by Crippen LogP contribution is -2.34. The highest BCUT2D eigenvalue weighted by Crippen LogP contribution is 2.32. The van der Waals surface area contributed by atoms with E-state index in [2.05, 4.69) is 10.6 Å². The molecule has 164 valence electrons. The molecule has 3 aromatic rings. The fraction of sp³-hybridized carbons (Fsp3) is 0.0833. The van der Waals surface area contributed by atoms with Gasteiger partial charge >= 0.3 is 6.18 Å². The zero-order valence-electron chi connectivity index (χ0n) is 16.8. The molecule has 0 bridgehead atoms. The number of amides is 2. The smallest absolute Gasteiger partial charge is 0.399 e. The number of nitrogen functional groups attached to an aromatic ring is 1. The van der Waals surface area contributed by atoms with Crippen molar-refractivity contribution in [3.63, 3.8) is 0 Å². The average molecular weight is 439 g/mol. The van der Waals surface area contributed by atoms with Gasteiger partial charge in [-0.15, -0.1) is 0 Å². The molecule has 3 rings (SSSR count). The van der Waals surface area contributed by atoms with Gasteiger partial charge < -0.3 is 16.4 Å². The van der Waals surface area contributed by atoms with E-state index in [0.29, 0.717) is 11.3 Å². The quantitative estimate of drug-likeness (QED) is 0.394. The summed E-state index contributed by atoms with van der Waals surface area (Å²) >= 11 is 0. The van der Waals surface area contributed by atoms with Gasteiger partial charge in [0, 0.05) is 17.8 Å². The van der Waals surface area contributed by atoms with Crippen LogP contribution in [0.15, 0.2) is 84.6 Å². The maximum Gasteiger partial charge on any atom is 0.416 e. The summed E-state index contributed by atoms with van der Waals surface area (Å²) in [6.07, 6.45) is -3.61. The van der Waals surface area contributed by atoms with E-state index in [1.54, 1.807) is 42.5 Å². The normalized spacial score (nSPS) is 11.7. The van der Waals surface area contributed by atoms with Crippen LogP contribution in [-0.2, 0) is 17.5 Å². The van der Waals surface area contributed by atoms with Crippen LogP contribution in [0.3, 0.4) is 0 Å². The van der Waals surface area contributed by atoms with Crippen molar-refractivity contribution in [2.75, 3.05) is 5.73 Å². The van der Waals surface area contributed by atoms with E-state index < -0.39 is 23.6 Å². The highest BCUT2D eigenvalue weighted by Gasteiger charge is 2.32. The molecule has 0 unspecified atom stereocenters. The van der Waals surface area contributed by atoms with E-state index in [4.69, 9.17) is 5.73 Å². The SMILES string of the molecule is Nc1cccc(CNC(=O)C(=Cc2ccccc2C(F)(F)F)NC(=O)c2ccccc2)c1. The van der Waals surface area contributed by atoms with Crippen molar-refractivity contribution in [1.29, 1.82) is 0 Å². The highest BCUT2D eigenvalue weighted by molar-refractivity contribution is 6.05. The molecule has 0 aliphatic rings. The molecule has 2 amide bonds. The van der Waals surface area contributed by atoms with Gasteiger partial charge in [-0.1, -0.05) is 48.5 Å². The minimum Gasteiger partial charge on any atom is -0.399 e. The van der Waals surface area contributed by atoms with Crippen LogP contribution in [0, 0.1) is 0 Å². The maximum absolute atomic E-state index is 13.4. The summed E-state index contributed by atoms with van der Waals surface area (Å²) in [5.74, 6) is -1.37. The summed E-state index contributed by atoms with van der Waals surface area (Å²) in [4.78, 5) is 25.4. The van der Waals surface area contributed by atoms with Crippen molar-refractivity contribution < 1.29 is 22.8 Å². The number of anilines is 1. The summed E-state index contributed by atoms with van der Waals surface area (Å²) in [6.45, 7) is 0.0728. The van der Waals surface area contributed by atoms with Crippen molar-refractivity contribution in [3.05, 3.63) is 107 Å². The number of rotatable bonds is 6. The number of carbonyl (C=O) groups excluding carboxylic acids is 2. The Bertz CT molecular complexity index is 1140. The van der Waals surface area contributed by atoms with Crippen molar-refractivity contribution in [3.8, 4) is 0 Å². The number of alkyl halides is 3. The van der Waals surface area contributed by atoms with Gasteiger partial charge in [0.1, 0.15) is 5.70 Å². The molecule has 0 fully saturated rings. The zero-order chi connectivity index (χ0) is 23.1. The third-order valence-electron chi connectivity index (χ3n) is 4.50. The molecular weight excluding hydrogens is 419 g/mol. The Kier molecular flexibility index (Phi) is 6.94. The molecule has 0 aliphatic heterocycles. The van der Waals surface area contributed by atoms with E-state index >= 15 is 0 Å². The second kappa shape index (κ2) is 9.82. The first-order chi connectivity index (χ1) is 15.2. The number of carbonyl (C=O) groups is 2. The lowest BCUT2D eigenvalue weighted by atomic mass is 10.1. The Morgan fingerprint density at radius 2 is 1.59 bits per heavy atom. The molecule has 0 saturated carbocycles. The van der Waals surface area contributed by atoms with Gasteiger partial charge in [0.25, 0.3) is 11.8 Å². The first-order valence-electron chi connectivity index (χ1n) is 9.61. The molecule has 0 aromatic heterocycles. The predicted molar refractivity (Wildman–Crippen MR) is 116 cm³/mol. The molecule has 4 N–H and O–H groups in total. The highest BCUT2D eigenvalue weighted by atomic mass is 19.4. The molecule has 0 saturated heterocycles. The van der Waals surface area contributed by atoms with E-state index in [1.165, 1.54) is 30.3 Å². The van der Waals surface area contributed by atoms with Crippen LogP contribution >= 0.6 is 0 Å². The Balaban J connectivity index is 1.91.